The summed E-state index contributed by atoms with van der Waals surface area (Å²) in [4.78, 5) is 14.9. The molecule has 0 radical (unpaired) electrons. The second-order valence-corrected chi connectivity index (χ2v) is 9.94. The Labute approximate surface area is 182 Å². The number of hydrogen-bond acceptors (Lipinski definition) is 5. The van der Waals surface area contributed by atoms with Gasteiger partial charge < -0.3 is 4.90 Å². The molecule has 0 atom stereocenters. The molecule has 1 fully saturated rings. The summed E-state index contributed by atoms with van der Waals surface area (Å²) in [6.45, 7) is 1.88. The van der Waals surface area contributed by atoms with Gasteiger partial charge in [-0.1, -0.05) is 29.8 Å². The van der Waals surface area contributed by atoms with E-state index in [-0.39, 0.29) is 16.2 Å². The molecule has 0 spiro atoms. The van der Waals surface area contributed by atoms with E-state index in [1.165, 1.54) is 18.3 Å². The number of carbonyl (C=O) groups is 1. The molecule has 0 N–H and O–H groups in total. The van der Waals surface area contributed by atoms with E-state index < -0.39 is 15.8 Å². The number of benzene rings is 2. The Kier molecular flexibility index (Phi) is 5.19. The molecule has 158 valence electrons. The molecule has 3 aromatic rings. The Morgan fingerprint density at radius 2 is 1.81 bits per heavy atom. The molecule has 0 saturated heterocycles. The molecule has 1 saturated carbocycles. The van der Waals surface area contributed by atoms with Gasteiger partial charge in [-0.15, -0.1) is 0 Å². The van der Waals surface area contributed by atoms with E-state index in [9.17, 15) is 18.5 Å². The minimum Gasteiger partial charge on any atom is -0.382 e. The van der Waals surface area contributed by atoms with Gasteiger partial charge in [0.05, 0.1) is 10.4 Å². The van der Waals surface area contributed by atoms with Gasteiger partial charge in [-0.05, 0) is 55.5 Å². The molecular formula is C24H23N3O3S. The van der Waals surface area contributed by atoms with Gasteiger partial charge in [-0.2, -0.15) is 5.26 Å². The smallest absolute Gasteiger partial charge is 0.268 e. The van der Waals surface area contributed by atoms with Crippen LogP contribution in [0.5, 0.6) is 0 Å². The topological polar surface area (TPSA) is 83.2 Å². The van der Waals surface area contributed by atoms with Crippen molar-refractivity contribution in [2.45, 2.75) is 30.6 Å². The monoisotopic (exact) mass is 433 g/mol. The first kappa shape index (κ1) is 20.9. The van der Waals surface area contributed by atoms with Crippen LogP contribution in [0.2, 0.25) is 0 Å². The number of allylic oxidation sites excluding steroid dienone is 1. The zero-order valence-electron chi connectivity index (χ0n) is 17.7. The summed E-state index contributed by atoms with van der Waals surface area (Å²) in [6, 6.07) is 15.7. The molecule has 0 amide bonds. The summed E-state index contributed by atoms with van der Waals surface area (Å²) < 4.78 is 28.4. The van der Waals surface area contributed by atoms with Crippen molar-refractivity contribution in [2.75, 3.05) is 14.1 Å². The summed E-state index contributed by atoms with van der Waals surface area (Å²) in [5, 5.41) is 10.2. The zero-order chi connectivity index (χ0) is 22.3. The SMILES string of the molecule is Cc1ccc(S(=O)(=O)n2c(C(=O)/C(C#N)=C/N(C)C)cc3ccc(C4CC4)cc32)cc1. The van der Waals surface area contributed by atoms with Gasteiger partial charge >= 0.3 is 0 Å². The van der Waals surface area contributed by atoms with Crippen LogP contribution in [0.15, 0.2) is 65.2 Å². The Morgan fingerprint density at radius 3 is 2.39 bits per heavy atom. The maximum atomic E-state index is 13.7. The van der Waals surface area contributed by atoms with Crippen molar-refractivity contribution in [2.24, 2.45) is 0 Å². The number of nitriles is 1. The predicted octanol–water partition coefficient (Wildman–Crippen LogP) is 4.22. The highest BCUT2D eigenvalue weighted by atomic mass is 32.2. The van der Waals surface area contributed by atoms with Crippen molar-refractivity contribution in [1.29, 1.82) is 5.26 Å². The van der Waals surface area contributed by atoms with E-state index in [2.05, 4.69) is 0 Å². The van der Waals surface area contributed by atoms with Crippen LogP contribution >= 0.6 is 0 Å². The highest BCUT2D eigenvalue weighted by Crippen LogP contribution is 2.41. The fourth-order valence-corrected chi connectivity index (χ4v) is 5.13. The number of rotatable bonds is 6. The van der Waals surface area contributed by atoms with E-state index in [0.29, 0.717) is 16.8 Å². The molecule has 2 aromatic carbocycles. The Bertz CT molecular complexity index is 1350. The van der Waals surface area contributed by atoms with Crippen LogP contribution in [0, 0.1) is 18.3 Å². The molecule has 1 aliphatic rings. The summed E-state index contributed by atoms with van der Waals surface area (Å²) in [5.41, 5.74) is 2.28. The summed E-state index contributed by atoms with van der Waals surface area (Å²) in [7, 11) is -0.662. The lowest BCUT2D eigenvalue weighted by Crippen LogP contribution is -2.20. The van der Waals surface area contributed by atoms with Crippen molar-refractivity contribution in [3.8, 4) is 6.07 Å². The summed E-state index contributed by atoms with van der Waals surface area (Å²) >= 11 is 0. The molecule has 1 aliphatic carbocycles. The molecule has 4 rings (SSSR count). The molecule has 1 aromatic heterocycles. The molecule has 1 heterocycles. The van der Waals surface area contributed by atoms with Crippen LogP contribution < -0.4 is 0 Å². The van der Waals surface area contributed by atoms with Gasteiger partial charge in [0.1, 0.15) is 17.3 Å². The Morgan fingerprint density at radius 1 is 1.13 bits per heavy atom. The van der Waals surface area contributed by atoms with E-state index in [0.717, 1.165) is 27.9 Å². The van der Waals surface area contributed by atoms with Gasteiger partial charge in [0.25, 0.3) is 10.0 Å². The number of ketones is 1. The first-order valence-corrected chi connectivity index (χ1v) is 11.5. The van der Waals surface area contributed by atoms with Gasteiger partial charge in [0, 0.05) is 25.7 Å². The third kappa shape index (κ3) is 3.87. The van der Waals surface area contributed by atoms with E-state index in [4.69, 9.17) is 0 Å². The van der Waals surface area contributed by atoms with Crippen LogP contribution in [0.1, 0.15) is 40.4 Å². The summed E-state index contributed by atoms with van der Waals surface area (Å²) in [5.74, 6) is -0.201. The first-order valence-electron chi connectivity index (χ1n) is 10.0. The maximum absolute atomic E-state index is 13.7. The molecule has 7 heteroatoms. The number of fused-ring (bicyclic) bond motifs is 1. The summed E-state index contributed by atoms with van der Waals surface area (Å²) in [6.07, 6.45) is 3.55. The van der Waals surface area contributed by atoms with Crippen LogP contribution in [0.4, 0.5) is 0 Å². The van der Waals surface area contributed by atoms with E-state index in [1.807, 2.05) is 31.2 Å². The second kappa shape index (κ2) is 7.71. The molecule has 6 nitrogen and oxygen atoms in total. The van der Waals surface area contributed by atoms with Crippen LogP contribution in [-0.4, -0.2) is 37.2 Å². The number of nitrogens with zero attached hydrogens (tertiary/aromatic N) is 3. The minimum absolute atomic E-state index is 0.0434. The molecule has 0 unspecified atom stereocenters. The third-order valence-electron chi connectivity index (χ3n) is 5.38. The fourth-order valence-electron chi connectivity index (χ4n) is 3.63. The molecular weight excluding hydrogens is 410 g/mol. The van der Waals surface area contributed by atoms with Crippen molar-refractivity contribution >= 4 is 26.7 Å². The highest BCUT2D eigenvalue weighted by molar-refractivity contribution is 7.90. The van der Waals surface area contributed by atoms with Crippen molar-refractivity contribution in [3.05, 3.63) is 77.1 Å². The van der Waals surface area contributed by atoms with Gasteiger partial charge in [0.2, 0.25) is 5.78 Å². The van der Waals surface area contributed by atoms with Gasteiger partial charge in [-0.3, -0.25) is 4.79 Å². The van der Waals surface area contributed by atoms with Crippen LogP contribution in [0.25, 0.3) is 10.9 Å². The Balaban J connectivity index is 1.99. The van der Waals surface area contributed by atoms with Crippen LogP contribution in [-0.2, 0) is 10.0 Å². The lowest BCUT2D eigenvalue weighted by molar-refractivity contribution is 0.103. The lowest BCUT2D eigenvalue weighted by Gasteiger charge is -2.13. The highest BCUT2D eigenvalue weighted by Gasteiger charge is 2.30. The molecule has 0 bridgehead atoms. The van der Waals surface area contributed by atoms with Crippen molar-refractivity contribution < 1.29 is 13.2 Å². The van der Waals surface area contributed by atoms with E-state index in [1.54, 1.807) is 37.2 Å². The first-order chi connectivity index (χ1) is 14.7. The third-order valence-corrected chi connectivity index (χ3v) is 7.12. The number of carbonyl (C=O) groups excluding carboxylic acids is 1. The number of aryl methyl sites for hydroxylation is 1. The van der Waals surface area contributed by atoms with Gasteiger partial charge in [0.15, 0.2) is 0 Å². The largest absolute Gasteiger partial charge is 0.382 e. The van der Waals surface area contributed by atoms with Crippen molar-refractivity contribution in [3.63, 3.8) is 0 Å². The zero-order valence-corrected chi connectivity index (χ0v) is 18.5. The Hall–Kier alpha value is -3.37. The average molecular weight is 434 g/mol. The van der Waals surface area contributed by atoms with E-state index >= 15 is 0 Å². The maximum Gasteiger partial charge on any atom is 0.268 e. The number of hydrogen-bond donors (Lipinski definition) is 0. The standard InChI is InChI=1S/C24H23N3O3S/c1-16-4-10-21(11-5-16)31(29,30)27-22-12-18(17-6-7-17)8-9-19(22)13-23(27)24(28)20(14-25)15-26(2)3/h4-5,8-13,15,17H,6-7H2,1-3H3/b20-15+. The fraction of sp³-hybridized carbons (Fsp3) is 0.250. The van der Waals surface area contributed by atoms with Crippen LogP contribution in [0.3, 0.4) is 0 Å². The predicted molar refractivity (Wildman–Crippen MR) is 119 cm³/mol. The number of Topliss-reactive ketones (excluding diaryl/α,β-unsaturated/α-hetero) is 1. The minimum atomic E-state index is -4.06. The van der Waals surface area contributed by atoms with Crippen molar-refractivity contribution in [1.82, 2.24) is 8.87 Å². The number of aromatic nitrogens is 1. The quantitative estimate of drug-likeness (QED) is 0.330. The average Bonchev–Trinajstić information content (AvgIpc) is 3.51. The normalized spacial score (nSPS) is 14.5. The van der Waals surface area contributed by atoms with Gasteiger partial charge in [-0.25, -0.2) is 12.4 Å². The second-order valence-electron chi connectivity index (χ2n) is 8.15. The lowest BCUT2D eigenvalue weighted by atomic mass is 10.1. The molecule has 0 aliphatic heterocycles. The molecule has 31 heavy (non-hydrogen) atoms.